The fourth-order valence-electron chi connectivity index (χ4n) is 2.03. The Morgan fingerprint density at radius 3 is 2.89 bits per heavy atom. The summed E-state index contributed by atoms with van der Waals surface area (Å²) in [4.78, 5) is 14.2. The van der Waals surface area contributed by atoms with E-state index in [2.05, 4.69) is 6.07 Å². The molecule has 2 rings (SSSR count). The van der Waals surface area contributed by atoms with Crippen LogP contribution in [0.25, 0.3) is 0 Å². The van der Waals surface area contributed by atoms with Gasteiger partial charge < -0.3 is 10.6 Å². The highest BCUT2D eigenvalue weighted by Crippen LogP contribution is 2.29. The highest BCUT2D eigenvalue weighted by Gasteiger charge is 2.33. The van der Waals surface area contributed by atoms with Gasteiger partial charge in [0.15, 0.2) is 0 Å². The van der Waals surface area contributed by atoms with Crippen LogP contribution in [0.3, 0.4) is 0 Å². The summed E-state index contributed by atoms with van der Waals surface area (Å²) in [6, 6.07) is 7.87. The molecule has 0 saturated heterocycles. The second kappa shape index (κ2) is 5.09. The first kappa shape index (κ1) is 12.4. The lowest BCUT2D eigenvalue weighted by atomic mass is 10.1. The van der Waals surface area contributed by atoms with E-state index in [0.29, 0.717) is 30.3 Å². The van der Waals surface area contributed by atoms with E-state index in [-0.39, 0.29) is 5.91 Å². The molecule has 0 atom stereocenters. The van der Waals surface area contributed by atoms with Gasteiger partial charge in [-0.25, -0.2) is 0 Å². The molecule has 1 fully saturated rings. The Morgan fingerprint density at radius 1 is 1.56 bits per heavy atom. The Hall–Kier alpha value is -2.02. The van der Waals surface area contributed by atoms with Crippen LogP contribution in [0.4, 0.5) is 5.69 Å². The van der Waals surface area contributed by atoms with Crippen molar-refractivity contribution in [3.63, 3.8) is 0 Å². The van der Waals surface area contributed by atoms with Crippen molar-refractivity contribution in [3.8, 4) is 6.07 Å². The van der Waals surface area contributed by atoms with Crippen LogP contribution < -0.4 is 5.73 Å². The molecule has 94 valence electrons. The number of para-hydroxylation sites is 1. The maximum absolute atomic E-state index is 12.4. The molecule has 1 aromatic carbocycles. The van der Waals surface area contributed by atoms with Crippen molar-refractivity contribution in [2.45, 2.75) is 32.2 Å². The van der Waals surface area contributed by atoms with Crippen LogP contribution in [-0.4, -0.2) is 23.4 Å². The molecule has 1 aliphatic rings. The maximum atomic E-state index is 12.4. The van der Waals surface area contributed by atoms with E-state index in [1.165, 1.54) is 0 Å². The van der Waals surface area contributed by atoms with E-state index in [0.717, 1.165) is 18.4 Å². The number of nitriles is 1. The van der Waals surface area contributed by atoms with E-state index in [1.54, 1.807) is 11.0 Å². The predicted octanol–water partition coefficient (Wildman–Crippen LogP) is 2.10. The zero-order chi connectivity index (χ0) is 13.1. The molecule has 1 saturated carbocycles. The second-order valence-electron chi connectivity index (χ2n) is 4.67. The first-order valence-electron chi connectivity index (χ1n) is 6.18. The first-order chi connectivity index (χ1) is 8.65. The maximum Gasteiger partial charge on any atom is 0.256 e. The Labute approximate surface area is 107 Å². The number of carbonyl (C=O) groups is 1. The smallest absolute Gasteiger partial charge is 0.256 e. The summed E-state index contributed by atoms with van der Waals surface area (Å²) in [6.45, 7) is 2.39. The molecule has 4 nitrogen and oxygen atoms in total. The van der Waals surface area contributed by atoms with Crippen LogP contribution in [0.2, 0.25) is 0 Å². The second-order valence-corrected chi connectivity index (χ2v) is 4.67. The molecule has 1 aromatic rings. The quantitative estimate of drug-likeness (QED) is 0.823. The summed E-state index contributed by atoms with van der Waals surface area (Å²) < 4.78 is 0. The average Bonchev–Trinajstić information content (AvgIpc) is 3.17. The van der Waals surface area contributed by atoms with Gasteiger partial charge in [0.1, 0.15) is 0 Å². The van der Waals surface area contributed by atoms with Crippen LogP contribution >= 0.6 is 0 Å². The molecule has 0 aromatic heterocycles. The fourth-order valence-corrected chi connectivity index (χ4v) is 2.03. The lowest BCUT2D eigenvalue weighted by Gasteiger charge is -2.22. The van der Waals surface area contributed by atoms with Gasteiger partial charge in [-0.1, -0.05) is 12.1 Å². The number of amides is 1. The number of hydrogen-bond acceptors (Lipinski definition) is 3. The first-order valence-corrected chi connectivity index (χ1v) is 6.18. The molecule has 0 unspecified atom stereocenters. The molecule has 4 heteroatoms. The van der Waals surface area contributed by atoms with Crippen molar-refractivity contribution in [2.75, 3.05) is 12.3 Å². The SMILES string of the molecule is Cc1cccc(C(=O)N(CCC#N)C2CC2)c1N. The van der Waals surface area contributed by atoms with Gasteiger partial charge in [0.2, 0.25) is 0 Å². The Kier molecular flexibility index (Phi) is 3.52. The van der Waals surface area contributed by atoms with E-state index in [4.69, 9.17) is 11.0 Å². The normalized spacial score (nSPS) is 14.0. The number of carbonyl (C=O) groups excluding carboxylic acids is 1. The molecule has 0 aliphatic heterocycles. The summed E-state index contributed by atoms with van der Waals surface area (Å²) in [5, 5.41) is 8.66. The number of aryl methyl sites for hydroxylation is 1. The van der Waals surface area contributed by atoms with Gasteiger partial charge in [0.05, 0.1) is 18.1 Å². The monoisotopic (exact) mass is 243 g/mol. The third kappa shape index (κ3) is 2.45. The predicted molar refractivity (Wildman–Crippen MR) is 69.9 cm³/mol. The number of nitrogen functional groups attached to an aromatic ring is 1. The summed E-state index contributed by atoms with van der Waals surface area (Å²) in [5.41, 5.74) is 7.97. The van der Waals surface area contributed by atoms with Crippen LogP contribution in [-0.2, 0) is 0 Å². The zero-order valence-electron chi connectivity index (χ0n) is 10.5. The third-order valence-corrected chi connectivity index (χ3v) is 3.27. The topological polar surface area (TPSA) is 70.1 Å². The molecule has 0 bridgehead atoms. The molecule has 0 radical (unpaired) electrons. The Morgan fingerprint density at radius 2 is 2.28 bits per heavy atom. The van der Waals surface area contributed by atoms with Crippen molar-refractivity contribution in [1.82, 2.24) is 4.90 Å². The van der Waals surface area contributed by atoms with E-state index in [9.17, 15) is 4.79 Å². The fraction of sp³-hybridized carbons (Fsp3) is 0.429. The van der Waals surface area contributed by atoms with Crippen molar-refractivity contribution >= 4 is 11.6 Å². The van der Waals surface area contributed by atoms with Gasteiger partial charge in [-0.05, 0) is 31.4 Å². The van der Waals surface area contributed by atoms with Gasteiger partial charge in [-0.3, -0.25) is 4.79 Å². The van der Waals surface area contributed by atoms with Crippen molar-refractivity contribution in [3.05, 3.63) is 29.3 Å². The molecule has 1 aliphatic carbocycles. The molecule has 2 N–H and O–H groups in total. The van der Waals surface area contributed by atoms with Gasteiger partial charge in [0.25, 0.3) is 5.91 Å². The lowest BCUT2D eigenvalue weighted by molar-refractivity contribution is 0.0748. The lowest BCUT2D eigenvalue weighted by Crippen LogP contribution is -2.34. The molecular weight excluding hydrogens is 226 g/mol. The van der Waals surface area contributed by atoms with Gasteiger partial charge in [-0.15, -0.1) is 0 Å². The van der Waals surface area contributed by atoms with Crippen LogP contribution in [0.5, 0.6) is 0 Å². The number of rotatable bonds is 4. The summed E-state index contributed by atoms with van der Waals surface area (Å²) in [7, 11) is 0. The summed E-state index contributed by atoms with van der Waals surface area (Å²) >= 11 is 0. The van der Waals surface area contributed by atoms with Gasteiger partial charge in [-0.2, -0.15) is 5.26 Å². The van der Waals surface area contributed by atoms with Gasteiger partial charge in [0, 0.05) is 18.3 Å². The number of benzene rings is 1. The summed E-state index contributed by atoms with van der Waals surface area (Å²) in [5.74, 6) is -0.0473. The highest BCUT2D eigenvalue weighted by molar-refractivity contribution is 6.00. The van der Waals surface area contributed by atoms with Crippen molar-refractivity contribution in [2.24, 2.45) is 0 Å². The zero-order valence-corrected chi connectivity index (χ0v) is 10.5. The molecule has 18 heavy (non-hydrogen) atoms. The van der Waals surface area contributed by atoms with E-state index < -0.39 is 0 Å². The minimum absolute atomic E-state index is 0.0473. The number of anilines is 1. The Bertz CT molecular complexity index is 500. The van der Waals surface area contributed by atoms with Crippen LogP contribution in [0, 0.1) is 18.3 Å². The largest absolute Gasteiger partial charge is 0.398 e. The number of nitrogens with zero attached hydrogens (tertiary/aromatic N) is 2. The van der Waals surface area contributed by atoms with E-state index in [1.807, 2.05) is 19.1 Å². The number of hydrogen-bond donors (Lipinski definition) is 1. The van der Waals surface area contributed by atoms with Crippen molar-refractivity contribution < 1.29 is 4.79 Å². The molecule has 1 amide bonds. The third-order valence-electron chi connectivity index (χ3n) is 3.27. The van der Waals surface area contributed by atoms with Crippen LogP contribution in [0.1, 0.15) is 35.2 Å². The van der Waals surface area contributed by atoms with Gasteiger partial charge >= 0.3 is 0 Å². The molecular formula is C14H17N3O. The Balaban J connectivity index is 2.22. The average molecular weight is 243 g/mol. The van der Waals surface area contributed by atoms with Crippen molar-refractivity contribution in [1.29, 1.82) is 5.26 Å². The standard InChI is InChI=1S/C14H17N3O/c1-10-4-2-5-12(13(10)16)14(18)17(9-3-8-15)11-6-7-11/h2,4-5,11H,3,6-7,9,16H2,1H3. The molecule has 0 spiro atoms. The number of nitrogens with two attached hydrogens (primary N) is 1. The highest BCUT2D eigenvalue weighted by atomic mass is 16.2. The minimum atomic E-state index is -0.0473. The minimum Gasteiger partial charge on any atom is -0.398 e. The van der Waals surface area contributed by atoms with Crippen LogP contribution in [0.15, 0.2) is 18.2 Å². The summed E-state index contributed by atoms with van der Waals surface area (Å²) in [6.07, 6.45) is 2.43. The molecule has 0 heterocycles. The van der Waals surface area contributed by atoms with E-state index >= 15 is 0 Å².